The van der Waals surface area contributed by atoms with E-state index in [0.29, 0.717) is 5.92 Å². The van der Waals surface area contributed by atoms with Gasteiger partial charge in [-0.3, -0.25) is 4.79 Å². The van der Waals surface area contributed by atoms with E-state index < -0.39 is 8.07 Å². The van der Waals surface area contributed by atoms with Gasteiger partial charge in [0.1, 0.15) is 6.10 Å². The topological polar surface area (TPSA) is 26.3 Å². The SMILES string of the molecule is C=C1[C@H]2C(=O)O[C@H](C3CCCCC3)[C@@]12[Si](C)(C)C. The standard InChI is InChI=1S/C15H24O2Si/c1-10-12-14(16)17-13(11-8-6-5-7-9-11)15(10,12)18(2,3)4/h11-13H,1,5-9H2,2-4H3/t12-,13+,15+/m0/s1. The average molecular weight is 264 g/mol. The maximum Gasteiger partial charge on any atom is 0.314 e. The van der Waals surface area contributed by atoms with Crippen molar-refractivity contribution in [1.29, 1.82) is 0 Å². The Labute approximate surface area is 111 Å². The Hall–Kier alpha value is -0.573. The van der Waals surface area contributed by atoms with Gasteiger partial charge in [-0.25, -0.2) is 0 Å². The van der Waals surface area contributed by atoms with Crippen LogP contribution in [0.3, 0.4) is 0 Å². The maximum absolute atomic E-state index is 12.1. The van der Waals surface area contributed by atoms with Crippen LogP contribution in [-0.4, -0.2) is 20.1 Å². The number of carbonyl (C=O) groups is 1. The minimum absolute atomic E-state index is 0.0259. The molecule has 3 atom stereocenters. The van der Waals surface area contributed by atoms with Crippen LogP contribution in [0.25, 0.3) is 0 Å². The zero-order valence-electron chi connectivity index (χ0n) is 11.8. The fraction of sp³-hybridized carbons (Fsp3) is 0.800. The Balaban J connectivity index is 1.94. The van der Waals surface area contributed by atoms with Gasteiger partial charge in [-0.15, -0.1) is 0 Å². The summed E-state index contributed by atoms with van der Waals surface area (Å²) in [6, 6.07) is 0. The highest BCUT2D eigenvalue weighted by Crippen LogP contribution is 2.77. The molecular formula is C15H24O2Si. The molecule has 0 spiro atoms. The number of hydrogen-bond donors (Lipinski definition) is 0. The fourth-order valence-corrected chi connectivity index (χ4v) is 7.96. The van der Waals surface area contributed by atoms with Crippen molar-refractivity contribution in [3.05, 3.63) is 12.2 Å². The largest absolute Gasteiger partial charge is 0.461 e. The minimum Gasteiger partial charge on any atom is -0.461 e. The van der Waals surface area contributed by atoms with Gasteiger partial charge in [0, 0.05) is 5.04 Å². The molecule has 3 aliphatic rings. The molecule has 0 radical (unpaired) electrons. The number of rotatable bonds is 2. The lowest BCUT2D eigenvalue weighted by atomic mass is 9.83. The molecule has 0 aromatic heterocycles. The van der Waals surface area contributed by atoms with Crippen LogP contribution in [0, 0.1) is 11.8 Å². The number of ether oxygens (including phenoxy) is 1. The summed E-state index contributed by atoms with van der Waals surface area (Å²) < 4.78 is 5.80. The van der Waals surface area contributed by atoms with E-state index in [-0.39, 0.29) is 23.0 Å². The molecule has 3 fully saturated rings. The maximum atomic E-state index is 12.1. The van der Waals surface area contributed by atoms with E-state index in [0.717, 1.165) is 0 Å². The smallest absolute Gasteiger partial charge is 0.314 e. The van der Waals surface area contributed by atoms with E-state index in [1.165, 1.54) is 37.7 Å². The van der Waals surface area contributed by atoms with Crippen molar-refractivity contribution in [2.24, 2.45) is 11.8 Å². The molecule has 2 aliphatic carbocycles. The lowest BCUT2D eigenvalue weighted by Gasteiger charge is -2.38. The van der Waals surface area contributed by atoms with Crippen molar-refractivity contribution < 1.29 is 9.53 Å². The van der Waals surface area contributed by atoms with Gasteiger partial charge in [0.05, 0.1) is 14.0 Å². The van der Waals surface area contributed by atoms with Crippen LogP contribution in [0.2, 0.25) is 24.7 Å². The lowest BCUT2D eigenvalue weighted by Crippen LogP contribution is -2.42. The molecule has 0 amide bonds. The van der Waals surface area contributed by atoms with E-state index in [1.54, 1.807) is 0 Å². The first-order valence-electron chi connectivity index (χ1n) is 7.30. The summed E-state index contributed by atoms with van der Waals surface area (Å²) in [5, 5.41) is 0.0755. The Kier molecular flexibility index (Phi) is 2.57. The van der Waals surface area contributed by atoms with Crippen LogP contribution in [0.5, 0.6) is 0 Å². The molecule has 2 saturated carbocycles. The molecule has 2 nitrogen and oxygen atoms in total. The molecule has 3 heteroatoms. The number of esters is 1. The van der Waals surface area contributed by atoms with Gasteiger partial charge in [0.2, 0.25) is 0 Å². The molecule has 0 unspecified atom stereocenters. The quantitative estimate of drug-likeness (QED) is 0.431. The molecule has 18 heavy (non-hydrogen) atoms. The summed E-state index contributed by atoms with van der Waals surface area (Å²) in [5.74, 6) is 0.674. The van der Waals surface area contributed by atoms with Crippen LogP contribution in [0.15, 0.2) is 12.2 Å². The van der Waals surface area contributed by atoms with E-state index in [4.69, 9.17) is 4.74 Å². The Morgan fingerprint density at radius 2 is 1.83 bits per heavy atom. The molecule has 0 bridgehead atoms. The van der Waals surface area contributed by atoms with Gasteiger partial charge in [-0.2, -0.15) is 0 Å². The van der Waals surface area contributed by atoms with E-state index >= 15 is 0 Å². The average Bonchev–Trinajstić information content (AvgIpc) is 2.79. The highest BCUT2D eigenvalue weighted by Gasteiger charge is 2.78. The number of cyclic esters (lactones) is 1. The Morgan fingerprint density at radius 3 is 2.33 bits per heavy atom. The normalized spacial score (nSPS) is 40.6. The number of carbonyl (C=O) groups excluding carboxylic acids is 1. The van der Waals surface area contributed by atoms with Gasteiger partial charge < -0.3 is 4.74 Å². The second-order valence-corrected chi connectivity index (χ2v) is 12.7. The van der Waals surface area contributed by atoms with Gasteiger partial charge in [0.25, 0.3) is 0 Å². The summed E-state index contributed by atoms with van der Waals surface area (Å²) in [4.78, 5) is 12.1. The predicted molar refractivity (Wildman–Crippen MR) is 75.1 cm³/mol. The molecule has 0 aromatic carbocycles. The van der Waals surface area contributed by atoms with Gasteiger partial charge in [0.15, 0.2) is 0 Å². The molecule has 1 heterocycles. The van der Waals surface area contributed by atoms with Gasteiger partial charge in [-0.05, 0) is 18.8 Å². The van der Waals surface area contributed by atoms with Crippen LogP contribution in [0.4, 0.5) is 0 Å². The highest BCUT2D eigenvalue weighted by molar-refractivity contribution is 6.82. The summed E-state index contributed by atoms with van der Waals surface area (Å²) >= 11 is 0. The Morgan fingerprint density at radius 1 is 1.22 bits per heavy atom. The zero-order chi connectivity index (χ0) is 13.1. The number of hydrogen-bond acceptors (Lipinski definition) is 2. The lowest BCUT2D eigenvalue weighted by molar-refractivity contribution is -0.146. The third kappa shape index (κ3) is 1.37. The monoisotopic (exact) mass is 264 g/mol. The van der Waals surface area contributed by atoms with E-state index in [1.807, 2.05) is 0 Å². The highest BCUT2D eigenvalue weighted by atomic mass is 28.3. The van der Waals surface area contributed by atoms with Crippen LogP contribution in [-0.2, 0) is 9.53 Å². The summed E-state index contributed by atoms with van der Waals surface area (Å²) in [6.07, 6.45) is 6.60. The molecular weight excluding hydrogens is 240 g/mol. The van der Waals surface area contributed by atoms with Gasteiger partial charge in [-0.1, -0.05) is 51.1 Å². The second-order valence-electron chi connectivity index (χ2n) is 7.33. The zero-order valence-corrected chi connectivity index (χ0v) is 12.8. The van der Waals surface area contributed by atoms with Crippen LogP contribution in [0.1, 0.15) is 32.1 Å². The van der Waals surface area contributed by atoms with Crippen molar-refractivity contribution in [1.82, 2.24) is 0 Å². The fourth-order valence-electron chi connectivity index (χ4n) is 4.62. The van der Waals surface area contributed by atoms with Crippen molar-refractivity contribution in [3.63, 3.8) is 0 Å². The first-order valence-corrected chi connectivity index (χ1v) is 10.8. The minimum atomic E-state index is -1.47. The van der Waals surface area contributed by atoms with E-state index in [2.05, 4.69) is 26.2 Å². The second kappa shape index (κ2) is 3.72. The van der Waals surface area contributed by atoms with Gasteiger partial charge >= 0.3 is 5.97 Å². The first kappa shape index (κ1) is 12.5. The summed E-state index contributed by atoms with van der Waals surface area (Å²) in [6.45, 7) is 11.3. The van der Waals surface area contributed by atoms with Crippen molar-refractivity contribution >= 4 is 14.0 Å². The first-order chi connectivity index (χ1) is 8.40. The van der Waals surface area contributed by atoms with Crippen molar-refractivity contribution in [3.8, 4) is 0 Å². The molecule has 3 rings (SSSR count). The molecule has 100 valence electrons. The third-order valence-electron chi connectivity index (χ3n) is 5.50. The number of fused-ring (bicyclic) bond motifs is 1. The van der Waals surface area contributed by atoms with Crippen LogP contribution >= 0.6 is 0 Å². The summed E-state index contributed by atoms with van der Waals surface area (Å²) in [7, 11) is -1.47. The Bertz CT molecular complexity index is 403. The molecule has 1 aliphatic heterocycles. The summed E-state index contributed by atoms with van der Waals surface area (Å²) in [5.41, 5.74) is 1.20. The van der Waals surface area contributed by atoms with E-state index in [9.17, 15) is 4.79 Å². The van der Waals surface area contributed by atoms with Crippen molar-refractivity contribution in [2.45, 2.75) is 62.9 Å². The van der Waals surface area contributed by atoms with Crippen LogP contribution < -0.4 is 0 Å². The predicted octanol–water partition coefficient (Wildman–Crippen LogP) is 3.76. The molecule has 0 aromatic rings. The van der Waals surface area contributed by atoms with Crippen molar-refractivity contribution in [2.75, 3.05) is 0 Å². The third-order valence-corrected chi connectivity index (χ3v) is 8.87. The molecule has 1 saturated heterocycles. The molecule has 0 N–H and O–H groups in total.